The van der Waals surface area contributed by atoms with E-state index >= 15 is 0 Å². The standard InChI is InChI=1S/C13H21ClN2O/c1-16-13(11(14)9-15-16)12(17)8-7-10-5-3-2-4-6-10/h9-10,12,17H,2-8H2,1H3. The Kier molecular flexibility index (Phi) is 4.46. The molecule has 0 spiro atoms. The first-order valence-electron chi connectivity index (χ1n) is 6.54. The third kappa shape index (κ3) is 3.23. The third-order valence-corrected chi connectivity index (χ3v) is 4.12. The van der Waals surface area contributed by atoms with Gasteiger partial charge in [-0.3, -0.25) is 4.68 Å². The normalized spacial score (nSPS) is 19.5. The van der Waals surface area contributed by atoms with Crippen molar-refractivity contribution in [3.63, 3.8) is 0 Å². The summed E-state index contributed by atoms with van der Waals surface area (Å²) in [6, 6.07) is 0. The van der Waals surface area contributed by atoms with Gasteiger partial charge in [-0.1, -0.05) is 43.7 Å². The van der Waals surface area contributed by atoms with E-state index in [4.69, 9.17) is 11.6 Å². The fraction of sp³-hybridized carbons (Fsp3) is 0.769. The molecule has 1 unspecified atom stereocenters. The van der Waals surface area contributed by atoms with Gasteiger partial charge in [-0.15, -0.1) is 0 Å². The van der Waals surface area contributed by atoms with Crippen LogP contribution in [0.15, 0.2) is 6.20 Å². The number of nitrogens with zero attached hydrogens (tertiary/aromatic N) is 2. The minimum absolute atomic E-state index is 0.475. The monoisotopic (exact) mass is 256 g/mol. The molecule has 3 nitrogen and oxygen atoms in total. The lowest BCUT2D eigenvalue weighted by molar-refractivity contribution is 0.143. The minimum Gasteiger partial charge on any atom is -0.387 e. The van der Waals surface area contributed by atoms with Gasteiger partial charge in [0.25, 0.3) is 0 Å². The number of hydrogen-bond acceptors (Lipinski definition) is 2. The van der Waals surface area contributed by atoms with Crippen LogP contribution in [0.3, 0.4) is 0 Å². The van der Waals surface area contributed by atoms with E-state index < -0.39 is 6.10 Å². The molecule has 1 aliphatic carbocycles. The third-order valence-electron chi connectivity index (χ3n) is 3.83. The Morgan fingerprint density at radius 3 is 2.76 bits per heavy atom. The highest BCUT2D eigenvalue weighted by molar-refractivity contribution is 6.31. The fourth-order valence-corrected chi connectivity index (χ4v) is 3.09. The van der Waals surface area contributed by atoms with E-state index in [0.29, 0.717) is 5.02 Å². The highest BCUT2D eigenvalue weighted by Gasteiger charge is 2.19. The summed E-state index contributed by atoms with van der Waals surface area (Å²) in [4.78, 5) is 0. The lowest BCUT2D eigenvalue weighted by atomic mass is 9.85. The van der Waals surface area contributed by atoms with Crippen molar-refractivity contribution in [1.82, 2.24) is 9.78 Å². The van der Waals surface area contributed by atoms with Gasteiger partial charge in [-0.2, -0.15) is 5.10 Å². The molecule has 4 heteroatoms. The minimum atomic E-state index is -0.475. The molecule has 1 aromatic heterocycles. The summed E-state index contributed by atoms with van der Waals surface area (Å²) in [5.74, 6) is 0.797. The second kappa shape index (κ2) is 5.87. The van der Waals surface area contributed by atoms with Crippen molar-refractivity contribution < 1.29 is 5.11 Å². The molecule has 1 aromatic rings. The predicted molar refractivity (Wildman–Crippen MR) is 69.0 cm³/mol. The zero-order valence-corrected chi connectivity index (χ0v) is 11.2. The number of rotatable bonds is 4. The molecule has 1 fully saturated rings. The van der Waals surface area contributed by atoms with Crippen LogP contribution in [0, 0.1) is 5.92 Å². The molecule has 17 heavy (non-hydrogen) atoms. The van der Waals surface area contributed by atoms with Gasteiger partial charge in [0, 0.05) is 7.05 Å². The Bertz CT molecular complexity index is 339. The van der Waals surface area contributed by atoms with Crippen LogP contribution >= 0.6 is 11.6 Å². The molecule has 1 saturated carbocycles. The number of halogens is 1. The molecule has 2 rings (SSSR count). The zero-order chi connectivity index (χ0) is 12.3. The highest BCUT2D eigenvalue weighted by atomic mass is 35.5. The Labute approximate surface area is 108 Å². The molecule has 1 N–H and O–H groups in total. The number of aryl methyl sites for hydroxylation is 1. The van der Waals surface area contributed by atoms with E-state index in [0.717, 1.165) is 24.5 Å². The highest BCUT2D eigenvalue weighted by Crippen LogP contribution is 2.31. The van der Waals surface area contributed by atoms with Crippen LogP contribution in [-0.2, 0) is 7.05 Å². The van der Waals surface area contributed by atoms with E-state index in [9.17, 15) is 5.11 Å². The first-order chi connectivity index (χ1) is 8.18. The molecule has 0 aliphatic heterocycles. The summed E-state index contributed by atoms with van der Waals surface area (Å²) in [7, 11) is 1.82. The second-order valence-electron chi connectivity index (χ2n) is 5.10. The molecular formula is C13H21ClN2O. The molecule has 1 aliphatic rings. The van der Waals surface area contributed by atoms with E-state index in [1.54, 1.807) is 10.9 Å². The molecule has 0 bridgehead atoms. The van der Waals surface area contributed by atoms with Crippen LogP contribution < -0.4 is 0 Å². The Morgan fingerprint density at radius 1 is 1.47 bits per heavy atom. The van der Waals surface area contributed by atoms with Crippen molar-refractivity contribution in [3.8, 4) is 0 Å². The SMILES string of the molecule is Cn1ncc(Cl)c1C(O)CCC1CCCCC1. The molecule has 0 aromatic carbocycles. The van der Waals surface area contributed by atoms with Gasteiger partial charge >= 0.3 is 0 Å². The van der Waals surface area contributed by atoms with E-state index in [1.165, 1.54) is 32.1 Å². The van der Waals surface area contributed by atoms with Crippen molar-refractivity contribution in [1.29, 1.82) is 0 Å². The topological polar surface area (TPSA) is 38.0 Å². The van der Waals surface area contributed by atoms with Crippen LogP contribution in [0.5, 0.6) is 0 Å². The van der Waals surface area contributed by atoms with Crippen molar-refractivity contribution >= 4 is 11.6 Å². The van der Waals surface area contributed by atoms with Gasteiger partial charge in [0.05, 0.1) is 23.0 Å². The summed E-state index contributed by atoms with van der Waals surface area (Å²) in [6.07, 6.45) is 9.76. The molecule has 0 radical (unpaired) electrons. The summed E-state index contributed by atoms with van der Waals surface area (Å²) in [5, 5.41) is 14.8. The first kappa shape index (κ1) is 12.9. The summed E-state index contributed by atoms with van der Waals surface area (Å²) >= 11 is 6.02. The fourth-order valence-electron chi connectivity index (χ4n) is 2.80. The number of hydrogen-bond donors (Lipinski definition) is 1. The maximum absolute atomic E-state index is 10.2. The molecule has 0 amide bonds. The average molecular weight is 257 g/mol. The summed E-state index contributed by atoms with van der Waals surface area (Å²) in [6.45, 7) is 0. The maximum Gasteiger partial charge on any atom is 0.0971 e. The Morgan fingerprint density at radius 2 is 2.18 bits per heavy atom. The summed E-state index contributed by atoms with van der Waals surface area (Å²) < 4.78 is 1.67. The van der Waals surface area contributed by atoms with Crippen LogP contribution in [0.1, 0.15) is 56.7 Å². The zero-order valence-electron chi connectivity index (χ0n) is 10.4. The van der Waals surface area contributed by atoms with E-state index in [2.05, 4.69) is 5.10 Å². The number of aliphatic hydroxyl groups is 1. The van der Waals surface area contributed by atoms with Gasteiger partial charge in [-0.25, -0.2) is 0 Å². The second-order valence-corrected chi connectivity index (χ2v) is 5.51. The number of aliphatic hydroxyl groups excluding tert-OH is 1. The lowest BCUT2D eigenvalue weighted by Gasteiger charge is -2.22. The maximum atomic E-state index is 10.2. The Hall–Kier alpha value is -0.540. The van der Waals surface area contributed by atoms with Crippen LogP contribution in [0.25, 0.3) is 0 Å². The van der Waals surface area contributed by atoms with Gasteiger partial charge in [0.2, 0.25) is 0 Å². The largest absolute Gasteiger partial charge is 0.387 e. The van der Waals surface area contributed by atoms with E-state index in [1.807, 2.05) is 7.05 Å². The van der Waals surface area contributed by atoms with Gasteiger partial charge in [-0.05, 0) is 18.8 Å². The van der Waals surface area contributed by atoms with Gasteiger partial charge in [0.1, 0.15) is 0 Å². The van der Waals surface area contributed by atoms with Crippen LogP contribution in [0.2, 0.25) is 5.02 Å². The quantitative estimate of drug-likeness (QED) is 0.896. The first-order valence-corrected chi connectivity index (χ1v) is 6.91. The van der Waals surface area contributed by atoms with Crippen molar-refractivity contribution in [2.24, 2.45) is 13.0 Å². The van der Waals surface area contributed by atoms with Gasteiger partial charge < -0.3 is 5.11 Å². The summed E-state index contributed by atoms with van der Waals surface area (Å²) in [5.41, 5.74) is 0.752. The number of aromatic nitrogens is 2. The Balaban J connectivity index is 1.86. The smallest absolute Gasteiger partial charge is 0.0971 e. The van der Waals surface area contributed by atoms with Gasteiger partial charge in [0.15, 0.2) is 0 Å². The average Bonchev–Trinajstić information content (AvgIpc) is 2.67. The van der Waals surface area contributed by atoms with Crippen molar-refractivity contribution in [2.45, 2.75) is 51.0 Å². The molecule has 1 heterocycles. The van der Waals surface area contributed by atoms with Crippen LogP contribution in [0.4, 0.5) is 0 Å². The molecule has 0 saturated heterocycles. The molecular weight excluding hydrogens is 236 g/mol. The van der Waals surface area contributed by atoms with E-state index in [-0.39, 0.29) is 0 Å². The molecule has 1 atom stereocenters. The lowest BCUT2D eigenvalue weighted by Crippen LogP contribution is -2.10. The predicted octanol–water partition coefficient (Wildman–Crippen LogP) is 3.47. The van der Waals surface area contributed by atoms with Crippen LogP contribution in [-0.4, -0.2) is 14.9 Å². The van der Waals surface area contributed by atoms with Crippen molar-refractivity contribution in [3.05, 3.63) is 16.9 Å². The molecule has 96 valence electrons. The van der Waals surface area contributed by atoms with Crippen molar-refractivity contribution in [2.75, 3.05) is 0 Å².